The maximum Gasteiger partial charge on any atom is 0.416 e. The van der Waals surface area contributed by atoms with Gasteiger partial charge in [-0.1, -0.05) is 29.5 Å². The summed E-state index contributed by atoms with van der Waals surface area (Å²) in [5.74, 6) is -0.274. The molecule has 46 heavy (non-hydrogen) atoms. The second kappa shape index (κ2) is 13.3. The Kier molecular flexibility index (Phi) is 9.33. The van der Waals surface area contributed by atoms with Crippen LogP contribution in [0.3, 0.4) is 0 Å². The smallest absolute Gasteiger partial charge is 0.396 e. The summed E-state index contributed by atoms with van der Waals surface area (Å²) in [5, 5.41) is 22.1. The molecule has 1 aliphatic heterocycles. The summed E-state index contributed by atoms with van der Waals surface area (Å²) in [6, 6.07) is 7.52. The minimum Gasteiger partial charge on any atom is -0.396 e. The molecule has 14 heteroatoms. The van der Waals surface area contributed by atoms with E-state index in [0.29, 0.717) is 34.1 Å². The number of tetrazole rings is 1. The van der Waals surface area contributed by atoms with Gasteiger partial charge in [0.25, 0.3) is 5.95 Å². The SMILES string of the molecule is Cn1nnc(N(Cc2cc(Cl)cc(C(F)(F)F)c2)Cc2cc3cc(F)c(F)cc3nc2N2CCC[C@@H]2C2CCC(CCO)CC2)n1. The number of fused-ring (bicyclic) bond motifs is 1. The molecule has 246 valence electrons. The Morgan fingerprint density at radius 1 is 0.978 bits per heavy atom. The zero-order valence-electron chi connectivity index (χ0n) is 25.3. The number of aliphatic hydroxyl groups excluding tert-OH is 1. The number of aliphatic hydroxyl groups is 1. The Balaban J connectivity index is 1.39. The van der Waals surface area contributed by atoms with Crippen molar-refractivity contribution in [3.05, 3.63) is 69.7 Å². The van der Waals surface area contributed by atoms with Crippen LogP contribution in [0.5, 0.6) is 0 Å². The molecule has 2 aromatic carbocycles. The van der Waals surface area contributed by atoms with Crippen molar-refractivity contribution in [2.75, 3.05) is 23.0 Å². The quantitative estimate of drug-likeness (QED) is 0.192. The number of nitrogens with zero attached hydrogens (tertiary/aromatic N) is 7. The topological polar surface area (TPSA) is 83.2 Å². The molecule has 1 aliphatic carbocycles. The Bertz CT molecular complexity index is 1690. The van der Waals surface area contributed by atoms with Gasteiger partial charge in [-0.3, -0.25) is 0 Å². The molecule has 6 rings (SSSR count). The van der Waals surface area contributed by atoms with Crippen LogP contribution in [-0.4, -0.2) is 49.5 Å². The highest BCUT2D eigenvalue weighted by Crippen LogP contribution is 2.41. The molecule has 2 aromatic heterocycles. The predicted molar refractivity (Wildman–Crippen MR) is 164 cm³/mol. The molecule has 1 atom stereocenters. The van der Waals surface area contributed by atoms with Crippen LogP contribution < -0.4 is 9.80 Å². The summed E-state index contributed by atoms with van der Waals surface area (Å²) < 4.78 is 69.7. The average Bonchev–Trinajstić information content (AvgIpc) is 3.67. The first-order chi connectivity index (χ1) is 22.0. The van der Waals surface area contributed by atoms with E-state index in [4.69, 9.17) is 16.6 Å². The van der Waals surface area contributed by atoms with Gasteiger partial charge in [-0.15, -0.1) is 5.10 Å². The van der Waals surface area contributed by atoms with Crippen molar-refractivity contribution in [3.8, 4) is 0 Å². The highest BCUT2D eigenvalue weighted by molar-refractivity contribution is 6.30. The van der Waals surface area contributed by atoms with E-state index in [1.807, 2.05) is 0 Å². The molecule has 1 saturated heterocycles. The van der Waals surface area contributed by atoms with Gasteiger partial charge >= 0.3 is 6.18 Å². The Morgan fingerprint density at radius 2 is 1.74 bits per heavy atom. The van der Waals surface area contributed by atoms with E-state index in [0.717, 1.165) is 75.8 Å². The Labute approximate surface area is 268 Å². The molecule has 0 radical (unpaired) electrons. The summed E-state index contributed by atoms with van der Waals surface area (Å²) in [5.41, 5.74) is 0.393. The van der Waals surface area contributed by atoms with Crippen LogP contribution in [-0.2, 0) is 26.3 Å². The number of hydrogen-bond acceptors (Lipinski definition) is 7. The predicted octanol–water partition coefficient (Wildman–Crippen LogP) is 7.07. The van der Waals surface area contributed by atoms with Crippen LogP contribution in [0.25, 0.3) is 10.9 Å². The summed E-state index contributed by atoms with van der Waals surface area (Å²) in [6.45, 7) is 0.978. The maximum atomic E-state index is 14.4. The van der Waals surface area contributed by atoms with Crippen LogP contribution in [0.1, 0.15) is 61.6 Å². The lowest BCUT2D eigenvalue weighted by atomic mass is 9.77. The van der Waals surface area contributed by atoms with E-state index in [2.05, 4.69) is 20.3 Å². The van der Waals surface area contributed by atoms with Crippen LogP contribution in [0.2, 0.25) is 5.02 Å². The van der Waals surface area contributed by atoms with Gasteiger partial charge in [0.2, 0.25) is 0 Å². The summed E-state index contributed by atoms with van der Waals surface area (Å²) in [6.07, 6.45) is 2.27. The van der Waals surface area contributed by atoms with Gasteiger partial charge < -0.3 is 14.9 Å². The number of alkyl halides is 3. The lowest BCUT2D eigenvalue weighted by Crippen LogP contribution is -2.39. The van der Waals surface area contributed by atoms with Gasteiger partial charge in [0.1, 0.15) is 5.82 Å². The number of benzene rings is 2. The maximum absolute atomic E-state index is 14.4. The number of aryl methyl sites for hydroxylation is 1. The van der Waals surface area contributed by atoms with Crippen molar-refractivity contribution in [1.29, 1.82) is 0 Å². The van der Waals surface area contributed by atoms with E-state index >= 15 is 0 Å². The second-order valence-corrected chi connectivity index (χ2v) is 12.8. The minimum absolute atomic E-state index is 0.0388. The normalized spacial score (nSPS) is 20.5. The van der Waals surface area contributed by atoms with Crippen molar-refractivity contribution >= 4 is 34.3 Å². The first-order valence-corrected chi connectivity index (χ1v) is 15.9. The fourth-order valence-corrected chi connectivity index (χ4v) is 7.34. The van der Waals surface area contributed by atoms with Crippen LogP contribution in [0, 0.1) is 23.5 Å². The standard InChI is InChI=1S/C32H35ClF5N7O/c1-43-41-31(40-42-43)44(17-20-11-24(32(36,37)38)15-25(33)12-20)18-23-13-22-14-26(34)27(35)16-28(22)39-30(23)45-9-2-3-29(45)21-6-4-19(5-7-21)8-10-46/h11-16,19,21,29,46H,2-10,17-18H2,1H3/t19?,21?,29-/m1/s1. The van der Waals surface area contributed by atoms with Gasteiger partial charge in [-0.25, -0.2) is 13.8 Å². The molecule has 4 aromatic rings. The molecule has 0 unspecified atom stereocenters. The number of aromatic nitrogens is 5. The molecule has 2 fully saturated rings. The first-order valence-electron chi connectivity index (χ1n) is 15.5. The minimum atomic E-state index is -4.59. The molecule has 2 aliphatic rings. The Hall–Kier alpha value is -3.58. The molecule has 3 heterocycles. The average molecular weight is 664 g/mol. The molecule has 1 N–H and O–H groups in total. The first kappa shape index (κ1) is 32.4. The molecule has 8 nitrogen and oxygen atoms in total. The number of anilines is 2. The Morgan fingerprint density at radius 3 is 2.43 bits per heavy atom. The number of hydrogen-bond donors (Lipinski definition) is 1. The highest BCUT2D eigenvalue weighted by Gasteiger charge is 2.36. The summed E-state index contributed by atoms with van der Waals surface area (Å²) in [7, 11) is 1.58. The van der Waals surface area contributed by atoms with Crippen LogP contribution >= 0.6 is 11.6 Å². The van der Waals surface area contributed by atoms with E-state index in [1.165, 1.54) is 10.9 Å². The summed E-state index contributed by atoms with van der Waals surface area (Å²) >= 11 is 6.11. The second-order valence-electron chi connectivity index (χ2n) is 12.4. The zero-order valence-corrected chi connectivity index (χ0v) is 26.1. The molecule has 0 amide bonds. The van der Waals surface area contributed by atoms with E-state index in [9.17, 15) is 27.1 Å². The van der Waals surface area contributed by atoms with Crippen molar-refractivity contribution in [2.45, 2.75) is 70.3 Å². The monoisotopic (exact) mass is 663 g/mol. The zero-order chi connectivity index (χ0) is 32.6. The van der Waals surface area contributed by atoms with Crippen LogP contribution in [0.4, 0.5) is 33.7 Å². The molecule has 0 spiro atoms. The lowest BCUT2D eigenvalue weighted by molar-refractivity contribution is -0.137. The summed E-state index contributed by atoms with van der Waals surface area (Å²) in [4.78, 5) is 10.1. The lowest BCUT2D eigenvalue weighted by Gasteiger charge is -2.38. The largest absolute Gasteiger partial charge is 0.416 e. The third kappa shape index (κ3) is 7.05. The van der Waals surface area contributed by atoms with E-state index < -0.39 is 23.4 Å². The van der Waals surface area contributed by atoms with Crippen molar-refractivity contribution in [3.63, 3.8) is 0 Å². The van der Waals surface area contributed by atoms with Gasteiger partial charge in [-0.05, 0) is 85.0 Å². The third-order valence-corrected chi connectivity index (χ3v) is 9.48. The van der Waals surface area contributed by atoms with Crippen molar-refractivity contribution < 1.29 is 27.1 Å². The van der Waals surface area contributed by atoms with Crippen molar-refractivity contribution in [1.82, 2.24) is 25.2 Å². The fourth-order valence-electron chi connectivity index (χ4n) is 7.09. The molecule has 0 bridgehead atoms. The van der Waals surface area contributed by atoms with Crippen LogP contribution in [0.15, 0.2) is 36.4 Å². The third-order valence-electron chi connectivity index (χ3n) is 9.26. The van der Waals surface area contributed by atoms with Crippen molar-refractivity contribution in [2.24, 2.45) is 18.9 Å². The molecule has 1 saturated carbocycles. The highest BCUT2D eigenvalue weighted by atomic mass is 35.5. The number of halogens is 6. The molecular weight excluding hydrogens is 629 g/mol. The van der Waals surface area contributed by atoms with E-state index in [1.54, 1.807) is 18.0 Å². The van der Waals surface area contributed by atoms with Gasteiger partial charge in [0.15, 0.2) is 11.6 Å². The number of pyridine rings is 1. The number of rotatable bonds is 9. The van der Waals surface area contributed by atoms with Gasteiger partial charge in [-0.2, -0.15) is 18.0 Å². The molecular formula is C32H35ClF5N7O. The van der Waals surface area contributed by atoms with Gasteiger partial charge in [0, 0.05) is 54.3 Å². The fraction of sp³-hybridized carbons (Fsp3) is 0.500. The van der Waals surface area contributed by atoms with Gasteiger partial charge in [0.05, 0.1) is 18.1 Å². The van der Waals surface area contributed by atoms with E-state index in [-0.39, 0.29) is 42.3 Å².